The van der Waals surface area contributed by atoms with Crippen molar-refractivity contribution < 1.29 is 9.21 Å². The van der Waals surface area contributed by atoms with E-state index in [1.807, 2.05) is 56.0 Å². The molecule has 1 aromatic heterocycles. The third-order valence-corrected chi connectivity index (χ3v) is 4.62. The summed E-state index contributed by atoms with van der Waals surface area (Å²) in [6.45, 7) is 7.55. The van der Waals surface area contributed by atoms with E-state index in [0.717, 1.165) is 31.5 Å². The first-order valence-electron chi connectivity index (χ1n) is 8.98. The molecule has 0 spiro atoms. The summed E-state index contributed by atoms with van der Waals surface area (Å²) in [6.07, 6.45) is 1.89. The number of nitrogens with one attached hydrogen (secondary N) is 1. The summed E-state index contributed by atoms with van der Waals surface area (Å²) >= 11 is 0. The number of aromatic nitrogens is 2. The molecular weight excluding hydrogens is 316 g/mol. The van der Waals surface area contributed by atoms with Gasteiger partial charge in [-0.05, 0) is 31.9 Å². The van der Waals surface area contributed by atoms with Crippen LogP contribution in [0.2, 0.25) is 0 Å². The van der Waals surface area contributed by atoms with Crippen molar-refractivity contribution in [3.63, 3.8) is 0 Å². The van der Waals surface area contributed by atoms with E-state index in [4.69, 9.17) is 4.42 Å². The van der Waals surface area contributed by atoms with Crippen molar-refractivity contribution in [1.82, 2.24) is 20.4 Å². The third-order valence-electron chi connectivity index (χ3n) is 4.62. The number of likely N-dealkylation sites (tertiary alicyclic amines) is 1. The molecule has 1 atom stereocenters. The molecule has 3 rings (SSSR count). The van der Waals surface area contributed by atoms with Gasteiger partial charge in [-0.1, -0.05) is 32.0 Å². The normalized spacial score (nSPS) is 17.0. The van der Waals surface area contributed by atoms with Crippen LogP contribution in [0.25, 0.3) is 11.5 Å². The van der Waals surface area contributed by atoms with Gasteiger partial charge in [0.25, 0.3) is 0 Å². The molecule has 0 bridgehead atoms. The molecule has 1 aliphatic rings. The number of hydrogen-bond donors (Lipinski definition) is 1. The molecule has 0 radical (unpaired) electrons. The minimum Gasteiger partial charge on any atom is -0.419 e. The largest absolute Gasteiger partial charge is 0.419 e. The van der Waals surface area contributed by atoms with Crippen molar-refractivity contribution in [2.45, 2.75) is 45.7 Å². The van der Waals surface area contributed by atoms with Crippen LogP contribution in [-0.4, -0.2) is 40.1 Å². The van der Waals surface area contributed by atoms with E-state index in [2.05, 4.69) is 15.5 Å². The van der Waals surface area contributed by atoms with Crippen molar-refractivity contribution in [2.24, 2.45) is 5.92 Å². The van der Waals surface area contributed by atoms with Gasteiger partial charge in [0.2, 0.25) is 17.7 Å². The second-order valence-corrected chi connectivity index (χ2v) is 6.95. The van der Waals surface area contributed by atoms with Gasteiger partial charge >= 0.3 is 0 Å². The number of benzene rings is 1. The highest BCUT2D eigenvalue weighted by molar-refractivity contribution is 5.78. The summed E-state index contributed by atoms with van der Waals surface area (Å²) in [5.41, 5.74) is 0.925. The number of carbonyl (C=O) groups excluding carboxylic acids is 1. The van der Waals surface area contributed by atoms with Gasteiger partial charge < -0.3 is 14.6 Å². The lowest BCUT2D eigenvalue weighted by Crippen LogP contribution is -2.46. The smallest absolute Gasteiger partial charge is 0.247 e. The minimum absolute atomic E-state index is 0.0117. The number of carbonyl (C=O) groups is 1. The molecule has 1 fully saturated rings. The van der Waals surface area contributed by atoms with Gasteiger partial charge in [-0.15, -0.1) is 10.2 Å². The van der Waals surface area contributed by atoms with Crippen LogP contribution < -0.4 is 5.32 Å². The average molecular weight is 342 g/mol. The molecule has 0 aliphatic carbocycles. The van der Waals surface area contributed by atoms with Gasteiger partial charge in [-0.3, -0.25) is 4.79 Å². The highest BCUT2D eigenvalue weighted by atomic mass is 16.4. The Morgan fingerprint density at radius 3 is 2.48 bits per heavy atom. The van der Waals surface area contributed by atoms with E-state index in [1.165, 1.54) is 0 Å². The molecule has 1 aliphatic heterocycles. The van der Waals surface area contributed by atoms with Crippen molar-refractivity contribution in [2.75, 3.05) is 13.1 Å². The maximum Gasteiger partial charge on any atom is 0.247 e. The molecule has 2 aromatic rings. The Morgan fingerprint density at radius 1 is 1.16 bits per heavy atom. The van der Waals surface area contributed by atoms with E-state index in [0.29, 0.717) is 17.8 Å². The first-order valence-corrected chi connectivity index (χ1v) is 8.98. The first-order chi connectivity index (χ1) is 12.0. The second kappa shape index (κ2) is 7.78. The monoisotopic (exact) mass is 342 g/mol. The Bertz CT molecular complexity index is 690. The van der Waals surface area contributed by atoms with E-state index < -0.39 is 0 Å². The van der Waals surface area contributed by atoms with Crippen LogP contribution in [-0.2, 0) is 4.79 Å². The standard InChI is InChI=1S/C19H26N4O2/c1-13(2)19(24)23-11-9-16(10-12-23)20-14(3)17-21-22-18(25-17)15-7-5-4-6-8-15/h4-8,13-14,16,20H,9-12H2,1-3H3/t14-/m1/s1. The van der Waals surface area contributed by atoms with Gasteiger partial charge in [-0.25, -0.2) is 0 Å². The molecule has 134 valence electrons. The van der Waals surface area contributed by atoms with Crippen LogP contribution >= 0.6 is 0 Å². The topological polar surface area (TPSA) is 71.3 Å². The molecule has 25 heavy (non-hydrogen) atoms. The number of rotatable bonds is 5. The lowest BCUT2D eigenvalue weighted by Gasteiger charge is -2.34. The van der Waals surface area contributed by atoms with Gasteiger partial charge in [0, 0.05) is 30.6 Å². The van der Waals surface area contributed by atoms with Crippen molar-refractivity contribution >= 4 is 5.91 Å². The number of hydrogen-bond acceptors (Lipinski definition) is 5. The van der Waals surface area contributed by atoms with Gasteiger partial charge in [0.05, 0.1) is 6.04 Å². The van der Waals surface area contributed by atoms with Crippen LogP contribution in [0.15, 0.2) is 34.7 Å². The van der Waals surface area contributed by atoms with E-state index in [1.54, 1.807) is 0 Å². The van der Waals surface area contributed by atoms with Crippen LogP contribution in [0, 0.1) is 5.92 Å². The molecule has 6 heteroatoms. The lowest BCUT2D eigenvalue weighted by atomic mass is 10.0. The van der Waals surface area contributed by atoms with Crippen LogP contribution in [0.4, 0.5) is 0 Å². The van der Waals surface area contributed by atoms with Crippen molar-refractivity contribution in [1.29, 1.82) is 0 Å². The van der Waals surface area contributed by atoms with E-state index in [-0.39, 0.29) is 17.9 Å². The molecule has 0 saturated carbocycles. The summed E-state index contributed by atoms with van der Waals surface area (Å²) in [4.78, 5) is 14.0. The summed E-state index contributed by atoms with van der Waals surface area (Å²) in [5.74, 6) is 1.45. The summed E-state index contributed by atoms with van der Waals surface area (Å²) in [7, 11) is 0. The highest BCUT2D eigenvalue weighted by Crippen LogP contribution is 2.22. The SMILES string of the molecule is CC(C)C(=O)N1CCC(N[C@H](C)c2nnc(-c3ccccc3)o2)CC1. The average Bonchev–Trinajstić information content (AvgIpc) is 3.13. The summed E-state index contributed by atoms with van der Waals surface area (Å²) in [6, 6.07) is 10.1. The van der Waals surface area contributed by atoms with Gasteiger partial charge in [-0.2, -0.15) is 0 Å². The van der Waals surface area contributed by atoms with Crippen LogP contribution in [0.3, 0.4) is 0 Å². The molecule has 1 N–H and O–H groups in total. The molecule has 1 aromatic carbocycles. The molecule has 1 amide bonds. The third kappa shape index (κ3) is 4.25. The number of piperidine rings is 1. The second-order valence-electron chi connectivity index (χ2n) is 6.95. The predicted molar refractivity (Wildman–Crippen MR) is 95.7 cm³/mol. The Balaban J connectivity index is 1.54. The first kappa shape index (κ1) is 17.6. The maximum absolute atomic E-state index is 12.1. The zero-order valence-corrected chi connectivity index (χ0v) is 15.1. The fourth-order valence-electron chi connectivity index (χ4n) is 3.16. The van der Waals surface area contributed by atoms with Crippen molar-refractivity contribution in [3.05, 3.63) is 36.2 Å². The zero-order chi connectivity index (χ0) is 17.8. The lowest BCUT2D eigenvalue weighted by molar-refractivity contribution is -0.135. The van der Waals surface area contributed by atoms with Gasteiger partial charge in [0.1, 0.15) is 0 Å². The van der Waals surface area contributed by atoms with Crippen LogP contribution in [0.1, 0.15) is 45.5 Å². The quantitative estimate of drug-likeness (QED) is 0.904. The minimum atomic E-state index is -0.0117. The fourth-order valence-corrected chi connectivity index (χ4v) is 3.16. The van der Waals surface area contributed by atoms with E-state index >= 15 is 0 Å². The highest BCUT2D eigenvalue weighted by Gasteiger charge is 2.26. The number of amides is 1. The van der Waals surface area contributed by atoms with Crippen LogP contribution in [0.5, 0.6) is 0 Å². The Labute approximate surface area is 148 Å². The summed E-state index contributed by atoms with van der Waals surface area (Å²) < 4.78 is 5.81. The predicted octanol–water partition coefficient (Wildman–Crippen LogP) is 3.03. The zero-order valence-electron chi connectivity index (χ0n) is 15.1. The van der Waals surface area contributed by atoms with E-state index in [9.17, 15) is 4.79 Å². The Morgan fingerprint density at radius 2 is 1.84 bits per heavy atom. The summed E-state index contributed by atoms with van der Waals surface area (Å²) in [5, 5.41) is 11.9. The Hall–Kier alpha value is -2.21. The molecular formula is C19H26N4O2. The molecule has 2 heterocycles. The molecule has 6 nitrogen and oxygen atoms in total. The maximum atomic E-state index is 12.1. The number of nitrogens with zero attached hydrogens (tertiary/aromatic N) is 3. The fraction of sp³-hybridized carbons (Fsp3) is 0.526. The van der Waals surface area contributed by atoms with Gasteiger partial charge in [0.15, 0.2) is 0 Å². The molecule has 1 saturated heterocycles. The molecule has 0 unspecified atom stereocenters. The van der Waals surface area contributed by atoms with Crippen molar-refractivity contribution in [3.8, 4) is 11.5 Å². The Kier molecular flexibility index (Phi) is 5.48.